The van der Waals surface area contributed by atoms with Crippen molar-refractivity contribution in [3.05, 3.63) is 23.4 Å². The molecule has 1 saturated heterocycles. The van der Waals surface area contributed by atoms with Crippen LogP contribution in [-0.4, -0.2) is 42.9 Å². The second kappa shape index (κ2) is 11.0. The summed E-state index contributed by atoms with van der Waals surface area (Å²) >= 11 is 0. The van der Waals surface area contributed by atoms with E-state index in [1.54, 1.807) is 0 Å². The zero-order chi connectivity index (χ0) is 27.0. The highest BCUT2D eigenvalue weighted by Crippen LogP contribution is 2.59. The minimum Gasteiger partial charge on any atom is -0.468 e. The lowest BCUT2D eigenvalue weighted by molar-refractivity contribution is -0.159. The van der Waals surface area contributed by atoms with Gasteiger partial charge in [-0.05, 0) is 119 Å². The third-order valence-corrected chi connectivity index (χ3v) is 11.3. The summed E-state index contributed by atoms with van der Waals surface area (Å²) in [4.78, 5) is 42.8. The molecule has 4 saturated carbocycles. The normalized spacial score (nSPS) is 37.5. The van der Waals surface area contributed by atoms with Crippen molar-refractivity contribution in [2.45, 2.75) is 109 Å². The molecule has 6 heteroatoms. The molecule has 1 aliphatic heterocycles. The fraction of sp³-hybridized carbons (Fsp3) is 0.788. The molecule has 2 atom stereocenters. The molecular formula is C33H48N2O4. The minimum absolute atomic E-state index is 0.0176. The molecule has 1 heterocycles. The van der Waals surface area contributed by atoms with Crippen LogP contribution in [0.3, 0.4) is 0 Å². The smallest absolute Gasteiger partial charge is 0.317 e. The van der Waals surface area contributed by atoms with Crippen LogP contribution in [0.2, 0.25) is 0 Å². The first-order chi connectivity index (χ1) is 18.9. The molecule has 0 aromatic rings. The molecule has 6 nitrogen and oxygen atoms in total. The number of rotatable bonds is 8. The molecular weight excluding hydrogens is 488 g/mol. The van der Waals surface area contributed by atoms with Crippen molar-refractivity contribution in [3.8, 4) is 0 Å². The van der Waals surface area contributed by atoms with Gasteiger partial charge in [0.25, 0.3) is 0 Å². The van der Waals surface area contributed by atoms with Gasteiger partial charge in [-0.1, -0.05) is 24.1 Å². The van der Waals surface area contributed by atoms with E-state index in [-0.39, 0.29) is 29.6 Å². The van der Waals surface area contributed by atoms with E-state index in [1.807, 2.05) is 4.90 Å². The molecule has 1 N–H and O–H groups in total. The number of esters is 1. The standard InChI is InChI=1S/C33H48N2O4/c1-39-31(38)33-12-7-3-6-10-28(33)35(13-11-23-8-4-2-5-9-23)30(37)27(21-33)17-29(36)34-22-32-18-24-14-25(19-32)16-26(15-24)20-32/h8,10,24-27H,2-7,9,11-22H2,1H3,(H,34,36)/t24?,25?,26?,27-,32?,33+/m1/s1. The van der Waals surface area contributed by atoms with E-state index in [4.69, 9.17) is 4.74 Å². The van der Waals surface area contributed by atoms with Gasteiger partial charge in [0.15, 0.2) is 0 Å². The molecule has 39 heavy (non-hydrogen) atoms. The van der Waals surface area contributed by atoms with Gasteiger partial charge >= 0.3 is 5.97 Å². The maximum atomic E-state index is 14.0. The predicted molar refractivity (Wildman–Crippen MR) is 150 cm³/mol. The van der Waals surface area contributed by atoms with Crippen molar-refractivity contribution in [1.82, 2.24) is 10.2 Å². The van der Waals surface area contributed by atoms with Gasteiger partial charge in [-0.25, -0.2) is 0 Å². The van der Waals surface area contributed by atoms with Crippen molar-refractivity contribution in [1.29, 1.82) is 0 Å². The van der Waals surface area contributed by atoms with Crippen molar-refractivity contribution in [3.63, 3.8) is 0 Å². The molecule has 0 aromatic heterocycles. The zero-order valence-corrected chi connectivity index (χ0v) is 24.0. The van der Waals surface area contributed by atoms with Crippen LogP contribution in [0, 0.1) is 34.5 Å². The van der Waals surface area contributed by atoms with Crippen LogP contribution in [-0.2, 0) is 19.1 Å². The summed E-state index contributed by atoms with van der Waals surface area (Å²) in [5, 5.41) is 3.30. The van der Waals surface area contributed by atoms with Gasteiger partial charge in [0.05, 0.1) is 7.11 Å². The van der Waals surface area contributed by atoms with E-state index >= 15 is 0 Å². The van der Waals surface area contributed by atoms with Crippen LogP contribution in [0.5, 0.6) is 0 Å². The van der Waals surface area contributed by atoms with Gasteiger partial charge in [0, 0.05) is 31.1 Å². The number of nitrogens with zero attached hydrogens (tertiary/aromatic N) is 1. The maximum absolute atomic E-state index is 14.0. The van der Waals surface area contributed by atoms with E-state index in [9.17, 15) is 14.4 Å². The van der Waals surface area contributed by atoms with E-state index in [2.05, 4.69) is 17.5 Å². The molecule has 4 bridgehead atoms. The molecule has 214 valence electrons. The largest absolute Gasteiger partial charge is 0.468 e. The van der Waals surface area contributed by atoms with Gasteiger partial charge in [0.1, 0.15) is 5.41 Å². The lowest BCUT2D eigenvalue weighted by Crippen LogP contribution is -2.54. The topological polar surface area (TPSA) is 75.7 Å². The highest BCUT2D eigenvalue weighted by atomic mass is 16.5. The number of carbonyl (C=O) groups is 3. The first-order valence-corrected chi connectivity index (χ1v) is 15.9. The average molecular weight is 537 g/mol. The van der Waals surface area contributed by atoms with Crippen molar-refractivity contribution >= 4 is 17.8 Å². The molecule has 0 spiro atoms. The number of fused-ring (bicyclic) bond motifs is 1. The maximum Gasteiger partial charge on any atom is 0.317 e. The summed E-state index contributed by atoms with van der Waals surface area (Å²) < 4.78 is 5.39. The predicted octanol–water partition coefficient (Wildman–Crippen LogP) is 6.07. The third kappa shape index (κ3) is 5.34. The van der Waals surface area contributed by atoms with E-state index < -0.39 is 11.3 Å². The first kappa shape index (κ1) is 27.1. The van der Waals surface area contributed by atoms with Crippen LogP contribution in [0.25, 0.3) is 0 Å². The number of allylic oxidation sites excluding steroid dienone is 2. The van der Waals surface area contributed by atoms with Crippen LogP contribution in [0.4, 0.5) is 0 Å². The summed E-state index contributed by atoms with van der Waals surface area (Å²) in [6.07, 6.45) is 21.9. The fourth-order valence-corrected chi connectivity index (χ4v) is 9.91. The Morgan fingerprint density at radius 1 is 0.974 bits per heavy atom. The second-order valence-corrected chi connectivity index (χ2v) is 14.1. The van der Waals surface area contributed by atoms with Crippen LogP contribution in [0.1, 0.15) is 109 Å². The fourth-order valence-electron chi connectivity index (χ4n) is 9.91. The molecule has 7 aliphatic rings. The number of methoxy groups -OCH3 is 1. The molecule has 6 aliphatic carbocycles. The van der Waals surface area contributed by atoms with Crippen LogP contribution >= 0.6 is 0 Å². The second-order valence-electron chi connectivity index (χ2n) is 14.1. The number of piperidine rings is 1. The highest BCUT2D eigenvalue weighted by molar-refractivity contribution is 5.92. The Morgan fingerprint density at radius 2 is 1.67 bits per heavy atom. The van der Waals surface area contributed by atoms with Crippen molar-refractivity contribution in [2.24, 2.45) is 34.5 Å². The Morgan fingerprint density at radius 3 is 2.33 bits per heavy atom. The Kier molecular flexibility index (Phi) is 7.67. The number of amides is 2. The molecule has 7 rings (SSSR count). The Labute approximate surface area is 234 Å². The molecule has 5 fully saturated rings. The number of carbonyl (C=O) groups excluding carboxylic acids is 3. The Balaban J connectivity index is 1.18. The van der Waals surface area contributed by atoms with Gasteiger partial charge in [-0.3, -0.25) is 14.4 Å². The Hall–Kier alpha value is -2.11. The molecule has 0 radical (unpaired) electrons. The lowest BCUT2D eigenvalue weighted by Gasteiger charge is -2.57. The number of likely N-dealkylation sites (tertiary alicyclic amines) is 1. The number of hydrogen-bond donors (Lipinski definition) is 1. The van der Waals surface area contributed by atoms with Gasteiger partial charge < -0.3 is 15.0 Å². The summed E-state index contributed by atoms with van der Waals surface area (Å²) in [6.45, 7) is 1.34. The zero-order valence-electron chi connectivity index (χ0n) is 24.0. The highest BCUT2D eigenvalue weighted by Gasteiger charge is 2.54. The molecule has 0 unspecified atom stereocenters. The SMILES string of the molecule is COC(=O)[C@]12CCCCC=C1N(CCC1=CCCCC1)C(=O)[C@H](CC(=O)NCC13CC4CC(CC(C4)C1)C3)C2. The molecule has 2 amide bonds. The quantitative estimate of drug-likeness (QED) is 0.302. The summed E-state index contributed by atoms with van der Waals surface area (Å²) in [7, 11) is 1.46. The van der Waals surface area contributed by atoms with Crippen LogP contribution < -0.4 is 5.32 Å². The first-order valence-electron chi connectivity index (χ1n) is 15.9. The summed E-state index contributed by atoms with van der Waals surface area (Å²) in [5.41, 5.74) is 1.71. The number of nitrogens with one attached hydrogen (secondary N) is 1. The summed E-state index contributed by atoms with van der Waals surface area (Å²) in [6, 6.07) is 0. The average Bonchev–Trinajstić information content (AvgIpc) is 3.14. The van der Waals surface area contributed by atoms with E-state index in [0.717, 1.165) is 68.5 Å². The van der Waals surface area contributed by atoms with Gasteiger partial charge in [0.2, 0.25) is 11.8 Å². The third-order valence-electron chi connectivity index (χ3n) is 11.3. The van der Waals surface area contributed by atoms with E-state index in [0.29, 0.717) is 19.4 Å². The lowest BCUT2D eigenvalue weighted by atomic mass is 9.49. The van der Waals surface area contributed by atoms with Crippen LogP contribution in [0.15, 0.2) is 23.4 Å². The minimum atomic E-state index is -0.828. The number of hydrogen-bond acceptors (Lipinski definition) is 4. The molecule has 0 aromatic carbocycles. The summed E-state index contributed by atoms with van der Waals surface area (Å²) in [5.74, 6) is 1.80. The van der Waals surface area contributed by atoms with Gasteiger partial charge in [-0.15, -0.1) is 0 Å². The van der Waals surface area contributed by atoms with Crippen molar-refractivity contribution in [2.75, 3.05) is 20.2 Å². The van der Waals surface area contributed by atoms with Gasteiger partial charge in [-0.2, -0.15) is 0 Å². The van der Waals surface area contributed by atoms with Crippen molar-refractivity contribution < 1.29 is 19.1 Å². The number of ether oxygens (including phenoxy) is 1. The van der Waals surface area contributed by atoms with E-state index in [1.165, 1.54) is 64.0 Å². The Bertz CT molecular complexity index is 1010. The monoisotopic (exact) mass is 536 g/mol.